The quantitative estimate of drug-likeness (QED) is 0.670. The minimum Gasteiger partial charge on any atom is -0.462 e. The lowest BCUT2D eigenvalue weighted by Crippen LogP contribution is -2.16. The summed E-state index contributed by atoms with van der Waals surface area (Å²) in [5.41, 5.74) is 1.41. The SMILES string of the molecule is CCOC(=O)c1c(NC(=O)c2cccc(C)c2)oc(C)c1C(C)=O. The van der Waals surface area contributed by atoms with E-state index in [-0.39, 0.29) is 35.2 Å². The summed E-state index contributed by atoms with van der Waals surface area (Å²) in [5, 5.41) is 2.55. The fourth-order valence-corrected chi connectivity index (χ4v) is 2.42. The molecule has 1 heterocycles. The van der Waals surface area contributed by atoms with Crippen LogP contribution in [0.3, 0.4) is 0 Å². The molecule has 0 atom stereocenters. The van der Waals surface area contributed by atoms with Crippen LogP contribution in [0.4, 0.5) is 5.88 Å². The summed E-state index contributed by atoms with van der Waals surface area (Å²) >= 11 is 0. The van der Waals surface area contributed by atoms with E-state index in [2.05, 4.69) is 5.32 Å². The van der Waals surface area contributed by atoms with Crippen LogP contribution < -0.4 is 5.32 Å². The van der Waals surface area contributed by atoms with Gasteiger partial charge in [0, 0.05) is 5.56 Å². The number of benzene rings is 1. The van der Waals surface area contributed by atoms with Crippen molar-refractivity contribution in [3.05, 3.63) is 52.3 Å². The fourth-order valence-electron chi connectivity index (χ4n) is 2.42. The third-order valence-electron chi connectivity index (χ3n) is 3.42. The van der Waals surface area contributed by atoms with Gasteiger partial charge in [-0.15, -0.1) is 0 Å². The number of esters is 1. The molecule has 24 heavy (non-hydrogen) atoms. The van der Waals surface area contributed by atoms with Crippen molar-refractivity contribution in [3.8, 4) is 0 Å². The maximum atomic E-state index is 12.4. The molecule has 1 aromatic carbocycles. The molecule has 1 amide bonds. The molecule has 6 nitrogen and oxygen atoms in total. The van der Waals surface area contributed by atoms with Crippen molar-refractivity contribution in [2.75, 3.05) is 11.9 Å². The average molecular weight is 329 g/mol. The van der Waals surface area contributed by atoms with E-state index in [1.165, 1.54) is 6.92 Å². The molecule has 0 aliphatic rings. The smallest absolute Gasteiger partial charge is 0.344 e. The second kappa shape index (κ2) is 7.12. The summed E-state index contributed by atoms with van der Waals surface area (Å²) in [5.74, 6) is -1.31. The summed E-state index contributed by atoms with van der Waals surface area (Å²) in [4.78, 5) is 36.4. The summed E-state index contributed by atoms with van der Waals surface area (Å²) in [6, 6.07) is 6.98. The lowest BCUT2D eigenvalue weighted by atomic mass is 10.1. The highest BCUT2D eigenvalue weighted by Gasteiger charge is 2.28. The van der Waals surface area contributed by atoms with E-state index >= 15 is 0 Å². The molecule has 1 aromatic heterocycles. The van der Waals surface area contributed by atoms with Gasteiger partial charge in [0.05, 0.1) is 12.2 Å². The molecule has 126 valence electrons. The number of hydrogen-bond donors (Lipinski definition) is 1. The van der Waals surface area contributed by atoms with E-state index < -0.39 is 11.9 Å². The number of hydrogen-bond acceptors (Lipinski definition) is 5. The van der Waals surface area contributed by atoms with E-state index in [9.17, 15) is 14.4 Å². The van der Waals surface area contributed by atoms with Gasteiger partial charge in [-0.3, -0.25) is 14.9 Å². The van der Waals surface area contributed by atoms with Gasteiger partial charge in [0.15, 0.2) is 5.78 Å². The zero-order valence-electron chi connectivity index (χ0n) is 14.1. The Labute approximate surface area is 139 Å². The van der Waals surface area contributed by atoms with Crippen LogP contribution in [0.2, 0.25) is 0 Å². The third kappa shape index (κ3) is 3.53. The largest absolute Gasteiger partial charge is 0.462 e. The van der Waals surface area contributed by atoms with Gasteiger partial charge in [-0.2, -0.15) is 0 Å². The van der Waals surface area contributed by atoms with Crippen LogP contribution in [0.5, 0.6) is 0 Å². The van der Waals surface area contributed by atoms with Crippen LogP contribution in [-0.4, -0.2) is 24.3 Å². The molecule has 0 aliphatic carbocycles. The first-order valence-electron chi connectivity index (χ1n) is 7.54. The first kappa shape index (κ1) is 17.5. The predicted molar refractivity (Wildman–Crippen MR) is 88.5 cm³/mol. The maximum Gasteiger partial charge on any atom is 0.344 e. The molecule has 0 unspecified atom stereocenters. The van der Waals surface area contributed by atoms with Gasteiger partial charge in [0.25, 0.3) is 5.91 Å². The minimum absolute atomic E-state index is 0.0529. The monoisotopic (exact) mass is 329 g/mol. The minimum atomic E-state index is -0.709. The van der Waals surface area contributed by atoms with Gasteiger partial charge in [0.1, 0.15) is 11.3 Å². The number of rotatable bonds is 5. The second-order valence-corrected chi connectivity index (χ2v) is 5.34. The molecule has 0 saturated heterocycles. The Bertz CT molecular complexity index is 804. The average Bonchev–Trinajstić information content (AvgIpc) is 2.83. The Hall–Kier alpha value is -2.89. The Morgan fingerprint density at radius 1 is 1.17 bits per heavy atom. The van der Waals surface area contributed by atoms with Crippen molar-refractivity contribution >= 4 is 23.5 Å². The second-order valence-electron chi connectivity index (χ2n) is 5.34. The summed E-state index contributed by atoms with van der Waals surface area (Å²) < 4.78 is 10.4. The van der Waals surface area contributed by atoms with E-state index in [1.54, 1.807) is 32.0 Å². The van der Waals surface area contributed by atoms with E-state index in [0.717, 1.165) is 5.56 Å². The van der Waals surface area contributed by atoms with E-state index in [0.29, 0.717) is 5.56 Å². The lowest BCUT2D eigenvalue weighted by molar-refractivity contribution is 0.0524. The van der Waals surface area contributed by atoms with Crippen LogP contribution in [0.1, 0.15) is 56.2 Å². The highest BCUT2D eigenvalue weighted by molar-refractivity contribution is 6.12. The van der Waals surface area contributed by atoms with Crippen LogP contribution in [0.15, 0.2) is 28.7 Å². The van der Waals surface area contributed by atoms with E-state index in [1.807, 2.05) is 13.0 Å². The first-order valence-corrected chi connectivity index (χ1v) is 7.54. The molecule has 0 radical (unpaired) electrons. The molecule has 0 aliphatic heterocycles. The zero-order valence-corrected chi connectivity index (χ0v) is 14.1. The highest BCUT2D eigenvalue weighted by atomic mass is 16.5. The Kier molecular flexibility index (Phi) is 5.18. The molecule has 0 fully saturated rings. The number of ketones is 1. The van der Waals surface area contributed by atoms with Crippen molar-refractivity contribution in [1.82, 2.24) is 0 Å². The molecule has 2 rings (SSSR count). The highest BCUT2D eigenvalue weighted by Crippen LogP contribution is 2.29. The number of furan rings is 1. The maximum absolute atomic E-state index is 12.4. The van der Waals surface area contributed by atoms with Gasteiger partial charge < -0.3 is 9.15 Å². The third-order valence-corrected chi connectivity index (χ3v) is 3.42. The van der Waals surface area contributed by atoms with Crippen LogP contribution in [-0.2, 0) is 4.74 Å². The van der Waals surface area contributed by atoms with Crippen molar-refractivity contribution in [2.24, 2.45) is 0 Å². The number of carbonyl (C=O) groups excluding carboxylic acids is 3. The van der Waals surface area contributed by atoms with Gasteiger partial charge in [-0.1, -0.05) is 17.7 Å². The van der Waals surface area contributed by atoms with Crippen LogP contribution in [0, 0.1) is 13.8 Å². The van der Waals surface area contributed by atoms with Gasteiger partial charge in [-0.05, 0) is 39.8 Å². The van der Waals surface area contributed by atoms with Crippen LogP contribution in [0.25, 0.3) is 0 Å². The van der Waals surface area contributed by atoms with Gasteiger partial charge in [0.2, 0.25) is 5.88 Å². The molecule has 0 bridgehead atoms. The molecule has 0 saturated carbocycles. The number of carbonyl (C=O) groups is 3. The molecule has 1 N–H and O–H groups in total. The topological polar surface area (TPSA) is 85.6 Å². The summed E-state index contributed by atoms with van der Waals surface area (Å²) in [6.07, 6.45) is 0. The van der Waals surface area contributed by atoms with Crippen molar-refractivity contribution in [1.29, 1.82) is 0 Å². The summed E-state index contributed by atoms with van der Waals surface area (Å²) in [6.45, 7) is 6.55. The van der Waals surface area contributed by atoms with Crippen molar-refractivity contribution in [3.63, 3.8) is 0 Å². The standard InChI is InChI=1S/C18H19NO5/c1-5-23-18(22)15-14(11(3)20)12(4)24-17(15)19-16(21)13-8-6-7-10(2)9-13/h6-9H,5H2,1-4H3,(H,19,21). The number of aryl methyl sites for hydroxylation is 2. The fraction of sp³-hybridized carbons (Fsp3) is 0.278. The predicted octanol–water partition coefficient (Wildman–Crippen LogP) is 3.53. The molecular weight excluding hydrogens is 310 g/mol. The summed E-state index contributed by atoms with van der Waals surface area (Å²) in [7, 11) is 0. The molecule has 2 aromatic rings. The number of ether oxygens (including phenoxy) is 1. The normalized spacial score (nSPS) is 10.3. The molecule has 0 spiro atoms. The molecule has 6 heteroatoms. The number of anilines is 1. The number of Topliss-reactive ketones (excluding diaryl/α,β-unsaturated/α-hetero) is 1. The molecular formula is C18H19NO5. The van der Waals surface area contributed by atoms with Crippen molar-refractivity contribution in [2.45, 2.75) is 27.7 Å². The Balaban J connectivity index is 2.43. The lowest BCUT2D eigenvalue weighted by Gasteiger charge is -2.06. The van der Waals surface area contributed by atoms with E-state index in [4.69, 9.17) is 9.15 Å². The number of amides is 1. The van der Waals surface area contributed by atoms with Crippen LogP contribution >= 0.6 is 0 Å². The van der Waals surface area contributed by atoms with Gasteiger partial charge >= 0.3 is 5.97 Å². The Morgan fingerprint density at radius 3 is 2.46 bits per heavy atom. The first-order chi connectivity index (χ1) is 11.3. The Morgan fingerprint density at radius 2 is 1.88 bits per heavy atom. The number of nitrogens with one attached hydrogen (secondary N) is 1. The van der Waals surface area contributed by atoms with Gasteiger partial charge in [-0.25, -0.2) is 4.79 Å². The van der Waals surface area contributed by atoms with Crippen molar-refractivity contribution < 1.29 is 23.5 Å². The zero-order chi connectivity index (χ0) is 17.9.